The molecule has 0 spiro atoms. The molecule has 0 saturated heterocycles. The van der Waals surface area contributed by atoms with Crippen molar-refractivity contribution in [2.24, 2.45) is 4.99 Å². The van der Waals surface area contributed by atoms with E-state index >= 15 is 0 Å². The Bertz CT molecular complexity index is 796. The van der Waals surface area contributed by atoms with Crippen LogP contribution in [-0.4, -0.2) is 25.1 Å². The minimum Gasteiger partial charge on any atom is -0.262 e. The van der Waals surface area contributed by atoms with Gasteiger partial charge in [0.1, 0.15) is 5.84 Å². The summed E-state index contributed by atoms with van der Waals surface area (Å²) in [7, 11) is -3.54. The molecule has 0 radical (unpaired) electrons. The molecule has 0 aliphatic carbocycles. The van der Waals surface area contributed by atoms with Gasteiger partial charge in [-0.2, -0.15) is 0 Å². The summed E-state index contributed by atoms with van der Waals surface area (Å²) in [5, 5.41) is 0. The predicted molar refractivity (Wildman–Crippen MR) is 87.4 cm³/mol. The van der Waals surface area contributed by atoms with Crippen LogP contribution in [0.5, 0.6) is 0 Å². The number of hydrogen-bond acceptors (Lipinski definition) is 3. The van der Waals surface area contributed by atoms with Gasteiger partial charge in [-0.25, -0.2) is 8.42 Å². The Morgan fingerprint density at radius 3 is 2.27 bits per heavy atom. The van der Waals surface area contributed by atoms with Crippen LogP contribution in [0, 0.1) is 6.92 Å². The summed E-state index contributed by atoms with van der Waals surface area (Å²) in [5.41, 5.74) is 2.07. The van der Waals surface area contributed by atoms with Crippen molar-refractivity contribution in [2.45, 2.75) is 24.8 Å². The highest BCUT2D eigenvalue weighted by atomic mass is 32.2. The van der Waals surface area contributed by atoms with Crippen LogP contribution < -0.4 is 0 Å². The summed E-state index contributed by atoms with van der Waals surface area (Å²) in [6, 6.07) is 16.6. The van der Waals surface area contributed by atoms with E-state index in [1.165, 1.54) is 4.31 Å². The molecule has 2 aromatic carbocycles. The van der Waals surface area contributed by atoms with Crippen molar-refractivity contribution in [2.75, 3.05) is 6.54 Å². The normalized spacial score (nSPS) is 18.4. The fourth-order valence-electron chi connectivity index (χ4n) is 2.58. The zero-order valence-electron chi connectivity index (χ0n) is 12.6. The Morgan fingerprint density at radius 2 is 1.64 bits per heavy atom. The molecule has 0 aromatic heterocycles. The Balaban J connectivity index is 1.90. The van der Waals surface area contributed by atoms with Crippen LogP contribution in [0.2, 0.25) is 0 Å². The highest BCUT2D eigenvalue weighted by Gasteiger charge is 2.33. The Kier molecular flexibility index (Phi) is 3.74. The number of aliphatic imine (C=N–C) groups is 1. The quantitative estimate of drug-likeness (QED) is 0.874. The van der Waals surface area contributed by atoms with Crippen LogP contribution >= 0.6 is 0 Å². The van der Waals surface area contributed by atoms with Crippen molar-refractivity contribution in [3.63, 3.8) is 0 Å². The van der Waals surface area contributed by atoms with E-state index in [0.717, 1.165) is 11.1 Å². The standard InChI is InChI=1S/C17H18N2O2S/c1-13-8-10-16(11-9-13)22(20,21)19-12-17(18-14(19)2)15-6-4-3-5-7-15/h3-11,17H,12H2,1-2H3. The van der Waals surface area contributed by atoms with Crippen LogP contribution in [0.15, 0.2) is 64.5 Å². The lowest BCUT2D eigenvalue weighted by atomic mass is 10.1. The lowest BCUT2D eigenvalue weighted by Gasteiger charge is -2.19. The number of nitrogens with zero attached hydrogens (tertiary/aromatic N) is 2. The zero-order valence-corrected chi connectivity index (χ0v) is 13.4. The molecule has 2 aromatic rings. The number of sulfonamides is 1. The SMILES string of the molecule is CC1=NC(c2ccccc2)CN1S(=O)(=O)c1ccc(C)cc1. The maximum atomic E-state index is 12.8. The second kappa shape index (κ2) is 5.57. The van der Waals surface area contributed by atoms with Gasteiger partial charge in [0.15, 0.2) is 0 Å². The number of rotatable bonds is 3. The van der Waals surface area contributed by atoms with Crippen molar-refractivity contribution in [3.8, 4) is 0 Å². The third-order valence-electron chi connectivity index (χ3n) is 3.84. The van der Waals surface area contributed by atoms with E-state index in [9.17, 15) is 8.42 Å². The second-order valence-corrected chi connectivity index (χ2v) is 7.31. The van der Waals surface area contributed by atoms with E-state index in [1.54, 1.807) is 19.1 Å². The highest BCUT2D eigenvalue weighted by molar-refractivity contribution is 7.89. The van der Waals surface area contributed by atoms with Crippen LogP contribution in [-0.2, 0) is 10.0 Å². The van der Waals surface area contributed by atoms with Gasteiger partial charge in [0.2, 0.25) is 0 Å². The monoisotopic (exact) mass is 314 g/mol. The summed E-state index contributed by atoms with van der Waals surface area (Å²) in [4.78, 5) is 4.82. The average Bonchev–Trinajstić information content (AvgIpc) is 2.91. The first-order valence-corrected chi connectivity index (χ1v) is 8.61. The number of benzene rings is 2. The van der Waals surface area contributed by atoms with Gasteiger partial charge in [-0.1, -0.05) is 48.0 Å². The van der Waals surface area contributed by atoms with E-state index in [-0.39, 0.29) is 6.04 Å². The summed E-state index contributed by atoms with van der Waals surface area (Å²) in [6.07, 6.45) is 0. The molecule has 0 bridgehead atoms. The molecule has 0 amide bonds. The summed E-state index contributed by atoms with van der Waals surface area (Å²) < 4.78 is 27.0. The van der Waals surface area contributed by atoms with Crippen LogP contribution in [0.4, 0.5) is 0 Å². The van der Waals surface area contributed by atoms with Gasteiger partial charge >= 0.3 is 0 Å². The van der Waals surface area contributed by atoms with Crippen molar-refractivity contribution in [1.82, 2.24) is 4.31 Å². The average molecular weight is 314 g/mol. The first-order chi connectivity index (χ1) is 10.5. The predicted octanol–water partition coefficient (Wildman–Crippen LogP) is 3.16. The molecule has 1 atom stereocenters. The largest absolute Gasteiger partial charge is 0.265 e. The van der Waals surface area contributed by atoms with E-state index in [2.05, 4.69) is 4.99 Å². The molecular weight excluding hydrogens is 296 g/mol. The third-order valence-corrected chi connectivity index (χ3v) is 5.70. The Hall–Kier alpha value is -2.14. The topological polar surface area (TPSA) is 49.7 Å². The van der Waals surface area contributed by atoms with Gasteiger partial charge in [-0.15, -0.1) is 0 Å². The summed E-state index contributed by atoms with van der Waals surface area (Å²) in [5.74, 6) is 0.537. The fraction of sp³-hybridized carbons (Fsp3) is 0.235. The fourth-order valence-corrected chi connectivity index (χ4v) is 4.05. The van der Waals surface area contributed by atoms with Crippen molar-refractivity contribution >= 4 is 15.9 Å². The molecule has 1 heterocycles. The molecule has 4 nitrogen and oxygen atoms in total. The minimum atomic E-state index is -3.54. The molecule has 0 fully saturated rings. The summed E-state index contributed by atoms with van der Waals surface area (Å²) in [6.45, 7) is 4.03. The van der Waals surface area contributed by atoms with Gasteiger partial charge in [0, 0.05) is 0 Å². The first kappa shape index (κ1) is 14.8. The zero-order chi connectivity index (χ0) is 15.7. The van der Waals surface area contributed by atoms with Crippen LogP contribution in [0.1, 0.15) is 24.1 Å². The highest BCUT2D eigenvalue weighted by Crippen LogP contribution is 2.29. The molecule has 1 aliphatic rings. The molecule has 3 rings (SSSR count). The van der Waals surface area contributed by atoms with Crippen molar-refractivity contribution in [1.29, 1.82) is 0 Å². The molecule has 5 heteroatoms. The van der Waals surface area contributed by atoms with Gasteiger partial charge in [-0.3, -0.25) is 9.30 Å². The molecule has 0 saturated carbocycles. The van der Waals surface area contributed by atoms with Crippen molar-refractivity contribution < 1.29 is 8.42 Å². The molecule has 0 N–H and O–H groups in total. The lowest BCUT2D eigenvalue weighted by Crippen LogP contribution is -2.33. The van der Waals surface area contributed by atoms with E-state index in [4.69, 9.17) is 0 Å². The third kappa shape index (κ3) is 2.64. The van der Waals surface area contributed by atoms with E-state index < -0.39 is 10.0 Å². The summed E-state index contributed by atoms with van der Waals surface area (Å²) >= 11 is 0. The number of hydrogen-bond donors (Lipinski definition) is 0. The number of aryl methyl sites for hydroxylation is 1. The van der Waals surface area contributed by atoms with Gasteiger partial charge in [-0.05, 0) is 31.5 Å². The minimum absolute atomic E-state index is 0.138. The Labute approximate surface area is 131 Å². The van der Waals surface area contributed by atoms with Gasteiger partial charge in [0.05, 0.1) is 17.5 Å². The van der Waals surface area contributed by atoms with E-state index in [1.807, 2.05) is 49.4 Å². The van der Waals surface area contributed by atoms with Gasteiger partial charge in [0.25, 0.3) is 10.0 Å². The number of amidine groups is 1. The second-order valence-electron chi connectivity index (χ2n) is 5.45. The molecule has 22 heavy (non-hydrogen) atoms. The van der Waals surface area contributed by atoms with Gasteiger partial charge < -0.3 is 0 Å². The van der Waals surface area contributed by atoms with E-state index in [0.29, 0.717) is 17.3 Å². The van der Waals surface area contributed by atoms with Crippen molar-refractivity contribution in [3.05, 3.63) is 65.7 Å². The molecule has 1 aliphatic heterocycles. The Morgan fingerprint density at radius 1 is 1.00 bits per heavy atom. The van der Waals surface area contributed by atoms with Crippen LogP contribution in [0.25, 0.3) is 0 Å². The smallest absolute Gasteiger partial charge is 0.262 e. The molecule has 114 valence electrons. The molecular formula is C17H18N2O2S. The molecule has 1 unspecified atom stereocenters. The van der Waals surface area contributed by atoms with Crippen LogP contribution in [0.3, 0.4) is 0 Å². The maximum Gasteiger partial charge on any atom is 0.265 e. The lowest BCUT2D eigenvalue weighted by molar-refractivity contribution is 0.519. The maximum absolute atomic E-state index is 12.8. The first-order valence-electron chi connectivity index (χ1n) is 7.17.